The molecule has 9 nitrogen and oxygen atoms in total. The van der Waals surface area contributed by atoms with Crippen molar-refractivity contribution in [3.05, 3.63) is 66.5 Å². The molecule has 3 aromatic heterocycles. The van der Waals surface area contributed by atoms with E-state index in [2.05, 4.69) is 25.4 Å². The first-order valence-corrected chi connectivity index (χ1v) is 8.32. The van der Waals surface area contributed by atoms with Crippen LogP contribution in [-0.2, 0) is 0 Å². The van der Waals surface area contributed by atoms with Gasteiger partial charge < -0.3 is 10.5 Å². The molecule has 0 spiro atoms. The van der Waals surface area contributed by atoms with Crippen molar-refractivity contribution >= 4 is 5.91 Å². The molecule has 0 aliphatic rings. The van der Waals surface area contributed by atoms with Crippen molar-refractivity contribution in [1.82, 2.24) is 30.2 Å². The molecule has 0 unspecified atom stereocenters. The highest BCUT2D eigenvalue weighted by Crippen LogP contribution is 2.32. The molecule has 138 valence electrons. The molecule has 0 saturated heterocycles. The monoisotopic (exact) mass is 373 g/mol. The van der Waals surface area contributed by atoms with Crippen LogP contribution >= 0.6 is 0 Å². The van der Waals surface area contributed by atoms with Gasteiger partial charge in [0.25, 0.3) is 5.91 Å². The zero-order valence-corrected chi connectivity index (χ0v) is 14.9. The van der Waals surface area contributed by atoms with Gasteiger partial charge in [-0.05, 0) is 41.6 Å². The molecule has 1 amide bonds. The number of benzene rings is 1. The van der Waals surface area contributed by atoms with E-state index in [1.54, 1.807) is 48.8 Å². The van der Waals surface area contributed by atoms with Crippen LogP contribution in [0.4, 0.5) is 0 Å². The molecule has 0 atom stereocenters. The first-order valence-electron chi connectivity index (χ1n) is 8.32. The van der Waals surface area contributed by atoms with Gasteiger partial charge in [0, 0.05) is 24.0 Å². The fourth-order valence-corrected chi connectivity index (χ4v) is 2.74. The Morgan fingerprint density at radius 1 is 1.07 bits per heavy atom. The fourth-order valence-electron chi connectivity index (χ4n) is 2.74. The van der Waals surface area contributed by atoms with E-state index in [1.807, 2.05) is 12.1 Å². The van der Waals surface area contributed by atoms with Crippen LogP contribution in [0.3, 0.4) is 0 Å². The molecule has 4 rings (SSSR count). The van der Waals surface area contributed by atoms with Crippen molar-refractivity contribution in [2.45, 2.75) is 0 Å². The van der Waals surface area contributed by atoms with Gasteiger partial charge in [-0.1, -0.05) is 6.07 Å². The number of nitrogens with two attached hydrogens (primary N) is 1. The third kappa shape index (κ3) is 3.16. The highest BCUT2D eigenvalue weighted by Gasteiger charge is 2.17. The number of carbonyl (C=O) groups excluding carboxylic acids is 1. The minimum Gasteiger partial charge on any atom is -0.496 e. The maximum absolute atomic E-state index is 11.7. The van der Waals surface area contributed by atoms with Gasteiger partial charge in [0.2, 0.25) is 5.82 Å². The molecule has 0 bridgehead atoms. The highest BCUT2D eigenvalue weighted by molar-refractivity contribution is 5.99. The van der Waals surface area contributed by atoms with Crippen LogP contribution in [0, 0.1) is 0 Å². The lowest BCUT2D eigenvalue weighted by Crippen LogP contribution is -2.13. The molecule has 28 heavy (non-hydrogen) atoms. The topological polar surface area (TPSA) is 122 Å². The summed E-state index contributed by atoms with van der Waals surface area (Å²) in [6.07, 6.45) is 3.25. The van der Waals surface area contributed by atoms with Gasteiger partial charge in [0.05, 0.1) is 24.1 Å². The highest BCUT2D eigenvalue weighted by atomic mass is 16.5. The third-order valence-electron chi connectivity index (χ3n) is 4.05. The molecule has 9 heteroatoms. The summed E-state index contributed by atoms with van der Waals surface area (Å²) in [5.74, 6) is 0.340. The first-order chi connectivity index (χ1) is 13.7. The second-order valence-corrected chi connectivity index (χ2v) is 5.77. The van der Waals surface area contributed by atoms with Gasteiger partial charge in [0.1, 0.15) is 11.4 Å². The number of carbonyl (C=O) groups is 1. The van der Waals surface area contributed by atoms with Gasteiger partial charge in [0.15, 0.2) is 0 Å². The summed E-state index contributed by atoms with van der Waals surface area (Å²) in [7, 11) is 1.53. The predicted octanol–water partition coefficient (Wildman–Crippen LogP) is 1.89. The largest absolute Gasteiger partial charge is 0.496 e. The van der Waals surface area contributed by atoms with E-state index in [9.17, 15) is 4.79 Å². The number of amides is 1. The Kier molecular flexibility index (Phi) is 4.47. The summed E-state index contributed by atoms with van der Waals surface area (Å²) < 4.78 is 5.49. The van der Waals surface area contributed by atoms with Crippen LogP contribution in [-0.4, -0.2) is 43.2 Å². The SMILES string of the molecule is COc1cc(-n2nnc(-c3ccccn3)n2)ccc1-c1ncccc1C(N)=O. The van der Waals surface area contributed by atoms with Gasteiger partial charge in [-0.15, -0.1) is 15.0 Å². The van der Waals surface area contributed by atoms with Gasteiger partial charge in [-0.25, -0.2) is 0 Å². The minimum absolute atomic E-state index is 0.310. The van der Waals surface area contributed by atoms with E-state index in [0.29, 0.717) is 39.8 Å². The Morgan fingerprint density at radius 2 is 1.93 bits per heavy atom. The van der Waals surface area contributed by atoms with E-state index >= 15 is 0 Å². The zero-order valence-electron chi connectivity index (χ0n) is 14.9. The number of hydrogen-bond donors (Lipinski definition) is 1. The lowest BCUT2D eigenvalue weighted by atomic mass is 10.0. The van der Waals surface area contributed by atoms with Crippen molar-refractivity contribution in [3.63, 3.8) is 0 Å². The second-order valence-electron chi connectivity index (χ2n) is 5.77. The predicted molar refractivity (Wildman–Crippen MR) is 101 cm³/mol. The van der Waals surface area contributed by atoms with Gasteiger partial charge in [-0.2, -0.15) is 0 Å². The van der Waals surface area contributed by atoms with Crippen molar-refractivity contribution in [3.8, 4) is 34.2 Å². The number of aromatic nitrogens is 6. The van der Waals surface area contributed by atoms with Crippen LogP contribution in [0.5, 0.6) is 5.75 Å². The number of ether oxygens (including phenoxy) is 1. The van der Waals surface area contributed by atoms with Crippen molar-refractivity contribution < 1.29 is 9.53 Å². The molecule has 1 aromatic carbocycles. The van der Waals surface area contributed by atoms with Crippen LogP contribution in [0.25, 0.3) is 28.5 Å². The van der Waals surface area contributed by atoms with E-state index in [4.69, 9.17) is 10.5 Å². The molecule has 0 radical (unpaired) electrons. The number of pyridine rings is 2. The lowest BCUT2D eigenvalue weighted by Gasteiger charge is -2.11. The quantitative estimate of drug-likeness (QED) is 0.567. The molecule has 0 aliphatic carbocycles. The molecule has 0 fully saturated rings. The zero-order chi connectivity index (χ0) is 19.5. The smallest absolute Gasteiger partial charge is 0.250 e. The van der Waals surface area contributed by atoms with E-state index < -0.39 is 5.91 Å². The Labute approximate surface area is 159 Å². The van der Waals surface area contributed by atoms with E-state index in [-0.39, 0.29) is 0 Å². The summed E-state index contributed by atoms with van der Waals surface area (Å²) in [6.45, 7) is 0. The lowest BCUT2D eigenvalue weighted by molar-refractivity contribution is 0.100. The molecule has 2 N–H and O–H groups in total. The average Bonchev–Trinajstić information content (AvgIpc) is 3.24. The van der Waals surface area contributed by atoms with Crippen molar-refractivity contribution in [1.29, 1.82) is 0 Å². The number of hydrogen-bond acceptors (Lipinski definition) is 7. The number of methoxy groups -OCH3 is 1. The minimum atomic E-state index is -0.563. The van der Waals surface area contributed by atoms with Crippen molar-refractivity contribution in [2.75, 3.05) is 7.11 Å². The van der Waals surface area contributed by atoms with E-state index in [0.717, 1.165) is 0 Å². The maximum Gasteiger partial charge on any atom is 0.250 e. The molecule has 0 aliphatic heterocycles. The molecule has 4 aromatic rings. The Balaban J connectivity index is 1.75. The summed E-state index contributed by atoms with van der Waals surface area (Å²) in [4.78, 5) is 21.6. The average molecular weight is 373 g/mol. The fraction of sp³-hybridized carbons (Fsp3) is 0.0526. The van der Waals surface area contributed by atoms with Crippen LogP contribution in [0.1, 0.15) is 10.4 Å². The van der Waals surface area contributed by atoms with Crippen LogP contribution in [0.2, 0.25) is 0 Å². The van der Waals surface area contributed by atoms with Crippen LogP contribution < -0.4 is 10.5 Å². The molecule has 0 saturated carbocycles. The number of rotatable bonds is 5. The number of nitrogens with zero attached hydrogens (tertiary/aromatic N) is 6. The van der Waals surface area contributed by atoms with Crippen LogP contribution in [0.15, 0.2) is 60.9 Å². The summed E-state index contributed by atoms with van der Waals surface area (Å²) in [6, 6.07) is 14.0. The maximum atomic E-state index is 11.7. The standard InChI is InChI=1S/C19H15N7O2/c1-28-16-11-12(26-24-19(23-25-26)15-6-2-3-9-21-15)7-8-13(16)17-14(18(20)27)5-4-10-22-17/h2-11H,1H3,(H2,20,27). The summed E-state index contributed by atoms with van der Waals surface area (Å²) in [5.41, 5.74) is 8.10. The summed E-state index contributed by atoms with van der Waals surface area (Å²) in [5, 5.41) is 12.5. The number of primary amides is 1. The Morgan fingerprint density at radius 3 is 2.68 bits per heavy atom. The molecular weight excluding hydrogens is 358 g/mol. The first kappa shape index (κ1) is 17.3. The van der Waals surface area contributed by atoms with Crippen molar-refractivity contribution in [2.24, 2.45) is 5.73 Å². The third-order valence-corrected chi connectivity index (χ3v) is 4.05. The second kappa shape index (κ2) is 7.23. The molecular formula is C19H15N7O2. The molecule has 3 heterocycles. The van der Waals surface area contributed by atoms with Gasteiger partial charge in [-0.3, -0.25) is 14.8 Å². The van der Waals surface area contributed by atoms with E-state index in [1.165, 1.54) is 11.9 Å². The normalized spacial score (nSPS) is 10.6. The summed E-state index contributed by atoms with van der Waals surface area (Å²) >= 11 is 0. The Bertz CT molecular complexity index is 1140. The van der Waals surface area contributed by atoms with Gasteiger partial charge >= 0.3 is 0 Å². The number of tetrazole rings is 1. The Hall–Kier alpha value is -4.14.